The topological polar surface area (TPSA) is 29.8 Å². The first-order valence-electron chi connectivity index (χ1n) is 10.2. The molecule has 0 bridgehead atoms. The Morgan fingerprint density at radius 2 is 1.55 bits per heavy atom. The number of pyridine rings is 1. The Hall–Kier alpha value is -2.95. The minimum Gasteiger partial charge on any atom is -0.379 e. The van der Waals surface area contributed by atoms with E-state index in [2.05, 4.69) is 89.2 Å². The summed E-state index contributed by atoms with van der Waals surface area (Å²) in [6.07, 6.45) is 2.23. The van der Waals surface area contributed by atoms with Gasteiger partial charge in [-0.1, -0.05) is 60.2 Å². The summed E-state index contributed by atoms with van der Waals surface area (Å²) < 4.78 is 7.82. The predicted octanol–water partition coefficient (Wildman–Crippen LogP) is 4.81. The van der Waals surface area contributed by atoms with Gasteiger partial charge in [-0.25, -0.2) is 4.98 Å². The number of ether oxygens (including phenoxy) is 1. The Kier molecular flexibility index (Phi) is 4.88. The normalized spacial score (nSPS) is 15.1. The third-order valence-electron chi connectivity index (χ3n) is 5.63. The fraction of sp³-hybridized carbons (Fsp3) is 0.240. The van der Waals surface area contributed by atoms with Crippen molar-refractivity contribution in [1.29, 1.82) is 0 Å². The Morgan fingerprint density at radius 3 is 2.31 bits per heavy atom. The molecule has 0 atom stereocenters. The Balaban J connectivity index is 1.64. The van der Waals surface area contributed by atoms with Crippen molar-refractivity contribution in [2.75, 3.05) is 26.3 Å². The number of rotatable bonds is 4. The van der Waals surface area contributed by atoms with Crippen LogP contribution in [-0.4, -0.2) is 40.6 Å². The van der Waals surface area contributed by atoms with E-state index in [1.807, 2.05) is 0 Å². The molecular weight excluding hydrogens is 358 g/mol. The minimum atomic E-state index is 0.797. The molecule has 4 aromatic rings. The molecule has 5 rings (SSSR count). The third-order valence-corrected chi connectivity index (χ3v) is 5.63. The molecule has 3 heterocycles. The van der Waals surface area contributed by atoms with Crippen LogP contribution in [0.3, 0.4) is 0 Å². The number of morpholine rings is 1. The summed E-state index contributed by atoms with van der Waals surface area (Å²) in [7, 11) is 0. The van der Waals surface area contributed by atoms with Crippen LogP contribution in [0.2, 0.25) is 0 Å². The fourth-order valence-corrected chi connectivity index (χ4v) is 3.96. The van der Waals surface area contributed by atoms with Gasteiger partial charge in [0.15, 0.2) is 0 Å². The number of aryl methyl sites for hydroxylation is 1. The molecule has 0 spiro atoms. The van der Waals surface area contributed by atoms with Gasteiger partial charge in [-0.2, -0.15) is 0 Å². The van der Waals surface area contributed by atoms with Gasteiger partial charge in [0.2, 0.25) is 0 Å². The highest BCUT2D eigenvalue weighted by Crippen LogP contribution is 2.28. The van der Waals surface area contributed by atoms with Gasteiger partial charge >= 0.3 is 0 Å². The molecule has 1 aliphatic rings. The molecule has 0 aliphatic carbocycles. The Labute approximate surface area is 171 Å². The van der Waals surface area contributed by atoms with E-state index in [0.717, 1.165) is 44.2 Å². The maximum atomic E-state index is 5.55. The van der Waals surface area contributed by atoms with Crippen LogP contribution in [0.1, 0.15) is 11.3 Å². The summed E-state index contributed by atoms with van der Waals surface area (Å²) in [4.78, 5) is 7.48. The number of benzene rings is 2. The summed E-state index contributed by atoms with van der Waals surface area (Å²) >= 11 is 0. The van der Waals surface area contributed by atoms with E-state index in [4.69, 9.17) is 9.72 Å². The van der Waals surface area contributed by atoms with E-state index >= 15 is 0 Å². The second-order valence-electron chi connectivity index (χ2n) is 7.67. The van der Waals surface area contributed by atoms with Gasteiger partial charge in [0.05, 0.1) is 24.6 Å². The quantitative estimate of drug-likeness (QED) is 0.507. The van der Waals surface area contributed by atoms with E-state index in [0.29, 0.717) is 0 Å². The molecule has 4 heteroatoms. The molecule has 0 saturated carbocycles. The molecule has 146 valence electrons. The summed E-state index contributed by atoms with van der Waals surface area (Å²) in [6.45, 7) is 6.50. The van der Waals surface area contributed by atoms with Crippen LogP contribution < -0.4 is 0 Å². The zero-order valence-corrected chi connectivity index (χ0v) is 16.7. The average molecular weight is 383 g/mol. The van der Waals surface area contributed by atoms with Crippen molar-refractivity contribution in [3.63, 3.8) is 0 Å². The van der Waals surface area contributed by atoms with Crippen LogP contribution in [0.15, 0.2) is 72.9 Å². The van der Waals surface area contributed by atoms with Crippen molar-refractivity contribution >= 4 is 5.65 Å². The smallest absolute Gasteiger partial charge is 0.137 e. The number of aromatic nitrogens is 2. The van der Waals surface area contributed by atoms with Gasteiger partial charge in [-0.15, -0.1) is 0 Å². The minimum absolute atomic E-state index is 0.797. The molecule has 29 heavy (non-hydrogen) atoms. The zero-order chi connectivity index (χ0) is 19.6. The van der Waals surface area contributed by atoms with Crippen LogP contribution >= 0.6 is 0 Å². The summed E-state index contributed by atoms with van der Waals surface area (Å²) in [5.74, 6) is 0. The van der Waals surface area contributed by atoms with Crippen LogP contribution in [0, 0.1) is 6.92 Å². The van der Waals surface area contributed by atoms with Crippen LogP contribution in [0.4, 0.5) is 0 Å². The van der Waals surface area contributed by atoms with E-state index < -0.39 is 0 Å². The number of nitrogens with zero attached hydrogens (tertiary/aromatic N) is 3. The maximum Gasteiger partial charge on any atom is 0.137 e. The van der Waals surface area contributed by atoms with Gasteiger partial charge in [-0.3, -0.25) is 4.90 Å². The molecule has 0 radical (unpaired) electrons. The highest BCUT2D eigenvalue weighted by Gasteiger charge is 2.19. The third kappa shape index (κ3) is 3.69. The fourth-order valence-electron chi connectivity index (χ4n) is 3.96. The first-order valence-corrected chi connectivity index (χ1v) is 10.2. The number of imidazole rings is 1. The van der Waals surface area contributed by atoms with Gasteiger partial charge in [0.1, 0.15) is 5.65 Å². The summed E-state index contributed by atoms with van der Waals surface area (Å²) in [6, 6.07) is 23.5. The second kappa shape index (κ2) is 7.82. The van der Waals surface area contributed by atoms with Crippen molar-refractivity contribution in [2.24, 2.45) is 0 Å². The van der Waals surface area contributed by atoms with Gasteiger partial charge in [-0.05, 0) is 30.2 Å². The summed E-state index contributed by atoms with van der Waals surface area (Å²) in [5.41, 5.74) is 8.16. The zero-order valence-electron chi connectivity index (χ0n) is 16.7. The highest BCUT2D eigenvalue weighted by atomic mass is 16.5. The first-order chi connectivity index (χ1) is 14.3. The van der Waals surface area contributed by atoms with Crippen molar-refractivity contribution in [3.8, 4) is 22.4 Å². The molecule has 0 amide bonds. The van der Waals surface area contributed by atoms with Crippen molar-refractivity contribution in [3.05, 3.63) is 84.2 Å². The predicted molar refractivity (Wildman–Crippen MR) is 117 cm³/mol. The average Bonchev–Trinajstić information content (AvgIpc) is 3.13. The van der Waals surface area contributed by atoms with E-state index in [1.165, 1.54) is 27.9 Å². The van der Waals surface area contributed by atoms with Gasteiger partial charge in [0, 0.05) is 31.4 Å². The Morgan fingerprint density at radius 1 is 0.828 bits per heavy atom. The lowest BCUT2D eigenvalue weighted by Crippen LogP contribution is -2.36. The van der Waals surface area contributed by atoms with Crippen molar-refractivity contribution in [2.45, 2.75) is 13.5 Å². The first kappa shape index (κ1) is 18.1. The highest BCUT2D eigenvalue weighted by molar-refractivity contribution is 5.70. The molecule has 2 aromatic heterocycles. The maximum absolute atomic E-state index is 5.55. The molecule has 4 nitrogen and oxygen atoms in total. The largest absolute Gasteiger partial charge is 0.379 e. The number of hydrogen-bond donors (Lipinski definition) is 0. The van der Waals surface area contributed by atoms with Crippen molar-refractivity contribution in [1.82, 2.24) is 14.3 Å². The molecule has 1 saturated heterocycles. The van der Waals surface area contributed by atoms with E-state index in [1.54, 1.807) is 0 Å². The van der Waals surface area contributed by atoms with Crippen molar-refractivity contribution < 1.29 is 4.74 Å². The lowest BCUT2D eigenvalue weighted by atomic mass is 10.1. The molecule has 1 aliphatic heterocycles. The van der Waals surface area contributed by atoms with E-state index in [9.17, 15) is 0 Å². The summed E-state index contributed by atoms with van der Waals surface area (Å²) in [5, 5.41) is 0. The monoisotopic (exact) mass is 383 g/mol. The standard InChI is InChI=1S/C25H25N3O/c1-19-7-9-21(10-8-19)25-23(18-27-13-15-29-16-14-27)28-17-22(11-12-24(28)26-25)20-5-3-2-4-6-20/h2-12,17H,13-16,18H2,1H3. The number of hydrogen-bond acceptors (Lipinski definition) is 3. The molecule has 1 fully saturated rings. The van der Waals surface area contributed by atoms with Gasteiger partial charge < -0.3 is 9.14 Å². The van der Waals surface area contributed by atoms with Crippen LogP contribution in [0.25, 0.3) is 28.0 Å². The molecule has 0 unspecified atom stereocenters. The SMILES string of the molecule is Cc1ccc(-c2nc3ccc(-c4ccccc4)cn3c2CN2CCOCC2)cc1. The lowest BCUT2D eigenvalue weighted by molar-refractivity contribution is 0.0336. The van der Waals surface area contributed by atoms with Crippen LogP contribution in [0.5, 0.6) is 0 Å². The Bertz CT molecular complexity index is 1110. The van der Waals surface area contributed by atoms with Gasteiger partial charge in [0.25, 0.3) is 0 Å². The molecule has 2 aromatic carbocycles. The number of fused-ring (bicyclic) bond motifs is 1. The lowest BCUT2D eigenvalue weighted by Gasteiger charge is -2.26. The van der Waals surface area contributed by atoms with Crippen LogP contribution in [-0.2, 0) is 11.3 Å². The molecule has 0 N–H and O–H groups in total. The van der Waals surface area contributed by atoms with E-state index in [-0.39, 0.29) is 0 Å². The molecular formula is C25H25N3O. The second-order valence-corrected chi connectivity index (χ2v) is 7.67.